The summed E-state index contributed by atoms with van der Waals surface area (Å²) in [6, 6.07) is 1.99. The summed E-state index contributed by atoms with van der Waals surface area (Å²) in [7, 11) is 3.73. The summed E-state index contributed by atoms with van der Waals surface area (Å²) in [5.41, 5.74) is 1.14. The van der Waals surface area contributed by atoms with Crippen molar-refractivity contribution in [1.82, 2.24) is 20.0 Å². The number of amides is 1. The molecule has 1 aliphatic heterocycles. The van der Waals surface area contributed by atoms with Crippen molar-refractivity contribution in [2.75, 3.05) is 27.3 Å². The molecule has 6 nitrogen and oxygen atoms in total. The van der Waals surface area contributed by atoms with Gasteiger partial charge in [0, 0.05) is 39.5 Å². The first-order valence-electron chi connectivity index (χ1n) is 7.70. The van der Waals surface area contributed by atoms with Crippen LogP contribution in [0.5, 0.6) is 0 Å². The molecule has 1 amide bonds. The van der Waals surface area contributed by atoms with E-state index in [1.807, 2.05) is 24.0 Å². The Morgan fingerprint density at radius 2 is 2.38 bits per heavy atom. The number of aryl methyl sites for hydroxylation is 1. The van der Waals surface area contributed by atoms with Crippen molar-refractivity contribution >= 4 is 5.91 Å². The van der Waals surface area contributed by atoms with Gasteiger partial charge in [-0.2, -0.15) is 5.10 Å². The van der Waals surface area contributed by atoms with Crippen molar-refractivity contribution in [2.45, 2.75) is 44.8 Å². The van der Waals surface area contributed by atoms with Crippen LogP contribution in [0.2, 0.25) is 0 Å². The Bertz CT molecular complexity index is 447. The fraction of sp³-hybridized carbons (Fsp3) is 0.733. The van der Waals surface area contributed by atoms with Crippen LogP contribution in [-0.4, -0.2) is 53.9 Å². The van der Waals surface area contributed by atoms with Gasteiger partial charge in [0.05, 0.1) is 11.7 Å². The molecule has 1 fully saturated rings. The van der Waals surface area contributed by atoms with Crippen LogP contribution in [0.1, 0.15) is 31.4 Å². The van der Waals surface area contributed by atoms with Gasteiger partial charge in [0.1, 0.15) is 0 Å². The highest BCUT2D eigenvalue weighted by atomic mass is 16.5. The molecule has 0 spiro atoms. The van der Waals surface area contributed by atoms with Gasteiger partial charge in [-0.3, -0.25) is 14.4 Å². The fourth-order valence-corrected chi connectivity index (χ4v) is 2.76. The minimum Gasteiger partial charge on any atom is -0.385 e. The van der Waals surface area contributed by atoms with E-state index in [-0.39, 0.29) is 11.9 Å². The Kier molecular flexibility index (Phi) is 6.20. The molecule has 0 bridgehead atoms. The number of ether oxygens (including phenoxy) is 1. The van der Waals surface area contributed by atoms with E-state index in [1.165, 1.54) is 0 Å². The van der Waals surface area contributed by atoms with Gasteiger partial charge in [-0.25, -0.2) is 0 Å². The predicted molar refractivity (Wildman–Crippen MR) is 80.8 cm³/mol. The Labute approximate surface area is 126 Å². The van der Waals surface area contributed by atoms with Crippen LogP contribution in [0.15, 0.2) is 12.3 Å². The molecule has 1 atom stereocenters. The van der Waals surface area contributed by atoms with Crippen molar-refractivity contribution in [3.8, 4) is 0 Å². The molecule has 1 unspecified atom stereocenters. The molecule has 0 aliphatic carbocycles. The van der Waals surface area contributed by atoms with Gasteiger partial charge in [0.25, 0.3) is 0 Å². The summed E-state index contributed by atoms with van der Waals surface area (Å²) in [5, 5.41) is 7.35. The number of carbonyl (C=O) groups excluding carboxylic acids is 1. The van der Waals surface area contributed by atoms with E-state index < -0.39 is 0 Å². The van der Waals surface area contributed by atoms with Crippen molar-refractivity contribution in [2.24, 2.45) is 0 Å². The highest BCUT2D eigenvalue weighted by Gasteiger charge is 2.25. The van der Waals surface area contributed by atoms with Crippen LogP contribution >= 0.6 is 0 Å². The number of carbonyl (C=O) groups is 1. The minimum atomic E-state index is -0.0326. The summed E-state index contributed by atoms with van der Waals surface area (Å²) in [6.45, 7) is 3.13. The average Bonchev–Trinajstić information content (AvgIpc) is 2.78. The van der Waals surface area contributed by atoms with Crippen LogP contribution in [0.4, 0.5) is 0 Å². The maximum atomic E-state index is 12.1. The zero-order chi connectivity index (χ0) is 15.1. The Morgan fingerprint density at radius 1 is 1.52 bits per heavy atom. The number of likely N-dealkylation sites (N-methyl/N-ethyl adjacent to an activating group) is 1. The highest BCUT2D eigenvalue weighted by molar-refractivity contribution is 5.81. The predicted octanol–water partition coefficient (Wildman–Crippen LogP) is 1.02. The third kappa shape index (κ3) is 4.54. The molecular formula is C15H26N4O2. The van der Waals surface area contributed by atoms with Gasteiger partial charge in [0.15, 0.2) is 0 Å². The normalized spacial score (nSPS) is 19.6. The lowest BCUT2D eigenvalue weighted by molar-refractivity contribution is -0.125. The second kappa shape index (κ2) is 8.14. The van der Waals surface area contributed by atoms with Gasteiger partial charge in [0.2, 0.25) is 5.91 Å². The molecule has 2 rings (SSSR count). The number of hydrogen-bond donors (Lipinski definition) is 1. The molecule has 2 heterocycles. The first-order chi connectivity index (χ1) is 10.2. The lowest BCUT2D eigenvalue weighted by atomic mass is 10.1. The zero-order valence-corrected chi connectivity index (χ0v) is 13.0. The molecule has 0 aromatic carbocycles. The number of hydrogen-bond acceptors (Lipinski definition) is 4. The van der Waals surface area contributed by atoms with E-state index in [0.29, 0.717) is 0 Å². The van der Waals surface area contributed by atoms with E-state index in [1.54, 1.807) is 7.11 Å². The van der Waals surface area contributed by atoms with E-state index in [2.05, 4.69) is 15.3 Å². The maximum Gasteiger partial charge on any atom is 0.237 e. The number of methoxy groups -OCH3 is 1. The fourth-order valence-electron chi connectivity index (χ4n) is 2.76. The molecular weight excluding hydrogens is 268 g/mol. The van der Waals surface area contributed by atoms with Crippen LogP contribution in [0.25, 0.3) is 0 Å². The second-order valence-electron chi connectivity index (χ2n) is 5.61. The van der Waals surface area contributed by atoms with Crippen molar-refractivity contribution in [3.05, 3.63) is 18.0 Å². The molecule has 1 aromatic heterocycles. The smallest absolute Gasteiger partial charge is 0.237 e. The third-order valence-corrected chi connectivity index (χ3v) is 3.97. The lowest BCUT2D eigenvalue weighted by Crippen LogP contribution is -2.43. The number of nitrogens with zero attached hydrogens (tertiary/aromatic N) is 3. The van der Waals surface area contributed by atoms with Crippen LogP contribution in [0, 0.1) is 0 Å². The first-order valence-corrected chi connectivity index (χ1v) is 7.70. The molecule has 1 saturated heterocycles. The number of nitrogens with one attached hydrogen (secondary N) is 1. The second-order valence-corrected chi connectivity index (χ2v) is 5.61. The minimum absolute atomic E-state index is 0.0326. The Balaban J connectivity index is 1.93. The summed E-state index contributed by atoms with van der Waals surface area (Å²) in [6.07, 6.45) is 5.87. The summed E-state index contributed by atoms with van der Waals surface area (Å²) in [5.74, 6) is 0.153. The summed E-state index contributed by atoms with van der Waals surface area (Å²) >= 11 is 0. The van der Waals surface area contributed by atoms with Gasteiger partial charge < -0.3 is 10.1 Å². The van der Waals surface area contributed by atoms with E-state index >= 15 is 0 Å². The quantitative estimate of drug-likeness (QED) is 0.763. The van der Waals surface area contributed by atoms with E-state index in [9.17, 15) is 4.79 Å². The summed E-state index contributed by atoms with van der Waals surface area (Å²) < 4.78 is 7.08. The van der Waals surface area contributed by atoms with Gasteiger partial charge in [-0.1, -0.05) is 0 Å². The molecule has 21 heavy (non-hydrogen) atoms. The zero-order valence-electron chi connectivity index (χ0n) is 13.0. The molecule has 118 valence electrons. The van der Waals surface area contributed by atoms with Crippen LogP contribution < -0.4 is 5.32 Å². The molecule has 1 N–H and O–H groups in total. The first kappa shape index (κ1) is 16.0. The monoisotopic (exact) mass is 294 g/mol. The lowest BCUT2D eigenvalue weighted by Gasteiger charge is -2.25. The molecule has 1 aromatic rings. The number of rotatable bonds is 7. The van der Waals surface area contributed by atoms with Crippen molar-refractivity contribution < 1.29 is 9.53 Å². The topological polar surface area (TPSA) is 59.4 Å². The SMILES string of the molecule is COCCCn1nccc1CN(C)C1CCCCNC1=O. The Morgan fingerprint density at radius 3 is 3.19 bits per heavy atom. The van der Waals surface area contributed by atoms with E-state index in [4.69, 9.17) is 4.74 Å². The highest BCUT2D eigenvalue weighted by Crippen LogP contribution is 2.14. The van der Waals surface area contributed by atoms with Crippen molar-refractivity contribution in [1.29, 1.82) is 0 Å². The molecule has 1 aliphatic rings. The third-order valence-electron chi connectivity index (χ3n) is 3.97. The Hall–Kier alpha value is -1.40. The molecule has 0 radical (unpaired) electrons. The summed E-state index contributed by atoms with van der Waals surface area (Å²) in [4.78, 5) is 14.2. The van der Waals surface area contributed by atoms with Crippen molar-refractivity contribution in [3.63, 3.8) is 0 Å². The molecule has 0 saturated carbocycles. The average molecular weight is 294 g/mol. The maximum absolute atomic E-state index is 12.1. The standard InChI is InChI=1S/C15H26N4O2/c1-18(14-6-3-4-8-16-15(14)20)12-13-7-9-17-19(13)10-5-11-21-2/h7,9,14H,3-6,8,10-12H2,1-2H3,(H,16,20). The largest absolute Gasteiger partial charge is 0.385 e. The van der Waals surface area contributed by atoms with Crippen LogP contribution in [0.3, 0.4) is 0 Å². The van der Waals surface area contributed by atoms with Gasteiger partial charge in [-0.15, -0.1) is 0 Å². The van der Waals surface area contributed by atoms with Gasteiger partial charge >= 0.3 is 0 Å². The molecule has 6 heteroatoms. The van der Waals surface area contributed by atoms with Gasteiger partial charge in [-0.05, 0) is 38.8 Å². The van der Waals surface area contributed by atoms with Crippen LogP contribution in [-0.2, 0) is 22.6 Å². The number of aromatic nitrogens is 2. The van der Waals surface area contributed by atoms with E-state index in [0.717, 1.165) is 57.6 Å².